The first-order chi connectivity index (χ1) is 24.8. The van der Waals surface area contributed by atoms with Crippen molar-refractivity contribution in [3.63, 3.8) is 0 Å². The van der Waals surface area contributed by atoms with E-state index >= 15 is 0 Å². The lowest BCUT2D eigenvalue weighted by atomic mass is 10.1. The molecule has 0 unspecified atom stereocenters. The smallest absolute Gasteiger partial charge is 0.240 e. The van der Waals surface area contributed by atoms with E-state index in [2.05, 4.69) is 100 Å². The topological polar surface area (TPSA) is 61.4 Å². The van der Waals surface area contributed by atoms with Gasteiger partial charge in [0.05, 0.1) is 16.6 Å². The summed E-state index contributed by atoms with van der Waals surface area (Å²) in [6.07, 6.45) is 1.84. The Morgan fingerprint density at radius 1 is 0.380 bits per heavy atom. The van der Waals surface area contributed by atoms with Crippen molar-refractivity contribution in [1.29, 1.82) is 0 Å². The Morgan fingerprint density at radius 3 is 1.64 bits per heavy atom. The molecular formula is C44H28N6. The summed E-state index contributed by atoms with van der Waals surface area (Å²) in [6, 6.07) is 56.7. The van der Waals surface area contributed by atoms with E-state index in [4.69, 9.17) is 19.9 Å². The highest BCUT2D eigenvalue weighted by Gasteiger charge is 2.23. The lowest BCUT2D eigenvalue weighted by Crippen LogP contribution is -2.07. The van der Waals surface area contributed by atoms with Crippen LogP contribution in [-0.2, 0) is 0 Å². The quantitative estimate of drug-likeness (QED) is 0.188. The molecule has 0 fully saturated rings. The van der Waals surface area contributed by atoms with Crippen LogP contribution < -0.4 is 0 Å². The third kappa shape index (κ3) is 4.43. The van der Waals surface area contributed by atoms with Crippen LogP contribution in [0, 0.1) is 0 Å². The Kier molecular flexibility index (Phi) is 6.39. The van der Waals surface area contributed by atoms with Crippen LogP contribution >= 0.6 is 0 Å². The van der Waals surface area contributed by atoms with Gasteiger partial charge in [-0.2, -0.15) is 9.97 Å². The highest BCUT2D eigenvalue weighted by Crippen LogP contribution is 2.41. The summed E-state index contributed by atoms with van der Waals surface area (Å²) in [6.45, 7) is 0. The minimum Gasteiger partial charge on any atom is -0.309 e. The maximum absolute atomic E-state index is 5.16. The zero-order chi connectivity index (χ0) is 33.0. The maximum atomic E-state index is 5.16. The van der Waals surface area contributed by atoms with E-state index in [-0.39, 0.29) is 0 Å². The maximum Gasteiger partial charge on any atom is 0.240 e. The molecule has 4 heterocycles. The number of nitrogens with zero attached hydrogens (tertiary/aromatic N) is 6. The van der Waals surface area contributed by atoms with Gasteiger partial charge in [-0.25, -0.2) is 9.97 Å². The number of pyridine rings is 1. The second-order valence-corrected chi connectivity index (χ2v) is 12.3. The Balaban J connectivity index is 1.29. The molecule has 0 aliphatic heterocycles. The number of para-hydroxylation sites is 1. The van der Waals surface area contributed by atoms with Gasteiger partial charge in [0, 0.05) is 44.6 Å². The molecule has 0 spiro atoms. The van der Waals surface area contributed by atoms with Gasteiger partial charge in [0.15, 0.2) is 11.6 Å². The Morgan fingerprint density at radius 2 is 0.960 bits per heavy atom. The Bertz CT molecular complexity index is 2780. The summed E-state index contributed by atoms with van der Waals surface area (Å²) in [5.74, 6) is 1.73. The molecule has 0 aliphatic rings. The van der Waals surface area contributed by atoms with Crippen molar-refractivity contribution in [3.8, 4) is 45.5 Å². The molecule has 0 aliphatic carbocycles. The normalized spacial score (nSPS) is 11.6. The van der Waals surface area contributed by atoms with Crippen LogP contribution in [-0.4, -0.2) is 29.1 Å². The SMILES string of the molecule is c1ccc(-c2ccc(-n3c4ccccc4c4c3ccc3c5cccnc5n(-c5nc(-c6ccccc6)nc(-c6ccccc6)n5)c34)cc2)cc1. The summed E-state index contributed by atoms with van der Waals surface area (Å²) >= 11 is 0. The minimum absolute atomic E-state index is 0.521. The number of hydrogen-bond donors (Lipinski definition) is 0. The van der Waals surface area contributed by atoms with Crippen molar-refractivity contribution in [3.05, 3.63) is 170 Å². The Labute approximate surface area is 287 Å². The largest absolute Gasteiger partial charge is 0.309 e. The van der Waals surface area contributed by atoms with E-state index in [0.29, 0.717) is 17.6 Å². The van der Waals surface area contributed by atoms with E-state index in [1.54, 1.807) is 0 Å². The van der Waals surface area contributed by atoms with E-state index in [9.17, 15) is 0 Å². The monoisotopic (exact) mass is 640 g/mol. The third-order valence-electron chi connectivity index (χ3n) is 9.44. The molecule has 0 bridgehead atoms. The van der Waals surface area contributed by atoms with Crippen molar-refractivity contribution in [2.45, 2.75) is 0 Å². The third-order valence-corrected chi connectivity index (χ3v) is 9.44. The van der Waals surface area contributed by atoms with Gasteiger partial charge in [-0.3, -0.25) is 4.57 Å². The lowest BCUT2D eigenvalue weighted by molar-refractivity contribution is 0.946. The molecule has 234 valence electrons. The van der Waals surface area contributed by atoms with Crippen LogP contribution in [0.5, 0.6) is 0 Å². The lowest BCUT2D eigenvalue weighted by Gasteiger charge is -2.11. The predicted octanol–water partition coefficient (Wildman–Crippen LogP) is 10.5. The van der Waals surface area contributed by atoms with Crippen LogP contribution in [0.25, 0.3) is 89.3 Å². The van der Waals surface area contributed by atoms with Gasteiger partial charge in [0.2, 0.25) is 5.95 Å². The van der Waals surface area contributed by atoms with Gasteiger partial charge in [0.25, 0.3) is 0 Å². The Hall–Kier alpha value is -6.92. The minimum atomic E-state index is 0.521. The molecule has 50 heavy (non-hydrogen) atoms. The molecule has 4 aromatic heterocycles. The standard InChI is InChI=1S/C44H28N6/c1-4-13-29(14-5-1)30-22-24-33(25-23-30)49-37-21-11-10-19-36(37)39-38(49)27-26-34-35-20-12-28-45-43(35)50(40(34)39)44-47-41(31-15-6-2-7-16-31)46-42(48-44)32-17-8-3-9-18-32/h1-28H. The van der Waals surface area contributed by atoms with E-state index < -0.39 is 0 Å². The molecular weight excluding hydrogens is 613 g/mol. The first-order valence-corrected chi connectivity index (χ1v) is 16.7. The van der Waals surface area contributed by atoms with E-state index in [1.165, 1.54) is 11.1 Å². The summed E-state index contributed by atoms with van der Waals surface area (Å²) in [4.78, 5) is 20.2. The van der Waals surface area contributed by atoms with Crippen molar-refractivity contribution in [2.75, 3.05) is 0 Å². The molecule has 0 N–H and O–H groups in total. The van der Waals surface area contributed by atoms with Gasteiger partial charge in [-0.15, -0.1) is 0 Å². The fourth-order valence-corrected chi connectivity index (χ4v) is 7.19. The number of aromatic nitrogens is 6. The van der Waals surface area contributed by atoms with Crippen molar-refractivity contribution < 1.29 is 0 Å². The average Bonchev–Trinajstić information content (AvgIpc) is 3.72. The van der Waals surface area contributed by atoms with Crippen LogP contribution in [0.2, 0.25) is 0 Å². The molecule has 0 saturated heterocycles. The van der Waals surface area contributed by atoms with Crippen LogP contribution in [0.1, 0.15) is 0 Å². The molecule has 10 rings (SSSR count). The summed E-state index contributed by atoms with van der Waals surface area (Å²) in [5.41, 5.74) is 9.33. The molecule has 0 amide bonds. The summed E-state index contributed by atoms with van der Waals surface area (Å²) in [5, 5.41) is 4.39. The van der Waals surface area contributed by atoms with Gasteiger partial charge in [-0.1, -0.05) is 121 Å². The number of fused-ring (bicyclic) bond motifs is 7. The molecule has 6 aromatic carbocycles. The van der Waals surface area contributed by atoms with Crippen molar-refractivity contribution >= 4 is 43.7 Å². The number of hydrogen-bond acceptors (Lipinski definition) is 4. The van der Waals surface area contributed by atoms with Crippen molar-refractivity contribution in [1.82, 2.24) is 29.1 Å². The molecule has 0 atom stereocenters. The number of rotatable bonds is 5. The molecule has 0 saturated carbocycles. The van der Waals surface area contributed by atoms with Crippen LogP contribution in [0.4, 0.5) is 0 Å². The average molecular weight is 641 g/mol. The fourth-order valence-electron chi connectivity index (χ4n) is 7.19. The van der Waals surface area contributed by atoms with Gasteiger partial charge in [0.1, 0.15) is 5.65 Å². The zero-order valence-electron chi connectivity index (χ0n) is 26.8. The summed E-state index contributed by atoms with van der Waals surface area (Å²) < 4.78 is 4.48. The highest BCUT2D eigenvalue weighted by molar-refractivity contribution is 6.25. The van der Waals surface area contributed by atoms with E-state index in [0.717, 1.165) is 60.6 Å². The van der Waals surface area contributed by atoms with Gasteiger partial charge < -0.3 is 4.57 Å². The fraction of sp³-hybridized carbons (Fsp3) is 0. The molecule has 10 aromatic rings. The van der Waals surface area contributed by atoms with Crippen molar-refractivity contribution in [2.24, 2.45) is 0 Å². The second kappa shape index (κ2) is 11.4. The molecule has 6 heteroatoms. The van der Waals surface area contributed by atoms with E-state index in [1.807, 2.05) is 79.0 Å². The van der Waals surface area contributed by atoms with Gasteiger partial charge >= 0.3 is 0 Å². The zero-order valence-corrected chi connectivity index (χ0v) is 26.8. The first-order valence-electron chi connectivity index (χ1n) is 16.7. The molecule has 6 nitrogen and oxygen atoms in total. The van der Waals surface area contributed by atoms with Gasteiger partial charge in [-0.05, 0) is 53.6 Å². The first kappa shape index (κ1) is 28.1. The summed E-state index contributed by atoms with van der Waals surface area (Å²) in [7, 11) is 0. The van der Waals surface area contributed by atoms with Crippen LogP contribution in [0.3, 0.4) is 0 Å². The number of benzene rings is 6. The highest BCUT2D eigenvalue weighted by atomic mass is 15.2. The van der Waals surface area contributed by atoms with Crippen LogP contribution in [0.15, 0.2) is 170 Å². The molecule has 0 radical (unpaired) electrons. The second-order valence-electron chi connectivity index (χ2n) is 12.3. The predicted molar refractivity (Wildman–Crippen MR) is 203 cm³/mol.